The number of halogens is 2. The minimum Gasteiger partial charge on any atom is -0.311 e. The van der Waals surface area contributed by atoms with Crippen LogP contribution >= 0.6 is 11.8 Å². The molecule has 0 aliphatic carbocycles. The van der Waals surface area contributed by atoms with Gasteiger partial charge in [-0.05, 0) is 42.0 Å². The summed E-state index contributed by atoms with van der Waals surface area (Å²) in [7, 11) is 0. The first-order chi connectivity index (χ1) is 15.0. The standard InChI is InChI=1S/C24H18F2N2O2S/c25-18-8-4-7-17(13-18)22(29)28-11-12-31-24(28)20-14-19(26)9-10-21(20)27(23(24)30)15-16-5-2-1-3-6-16/h1-10,13-14H,11-12,15H2. The molecule has 2 aliphatic rings. The summed E-state index contributed by atoms with van der Waals surface area (Å²) < 4.78 is 28.0. The van der Waals surface area contributed by atoms with Crippen LogP contribution in [0.1, 0.15) is 21.5 Å². The van der Waals surface area contributed by atoms with E-state index in [4.69, 9.17) is 0 Å². The molecule has 3 aromatic rings. The van der Waals surface area contributed by atoms with Crippen molar-refractivity contribution in [1.29, 1.82) is 0 Å². The maximum Gasteiger partial charge on any atom is 0.268 e. The van der Waals surface area contributed by atoms with Gasteiger partial charge in [-0.1, -0.05) is 36.4 Å². The van der Waals surface area contributed by atoms with Gasteiger partial charge < -0.3 is 9.80 Å². The number of amides is 2. The van der Waals surface area contributed by atoms with Gasteiger partial charge >= 0.3 is 0 Å². The van der Waals surface area contributed by atoms with E-state index in [2.05, 4.69) is 0 Å². The third-order valence-electron chi connectivity index (χ3n) is 5.66. The zero-order valence-electron chi connectivity index (χ0n) is 16.4. The number of thioether (sulfide) groups is 1. The molecule has 0 aromatic heterocycles. The lowest BCUT2D eigenvalue weighted by atomic mass is 10.0. The summed E-state index contributed by atoms with van der Waals surface area (Å²) in [5.74, 6) is -1.22. The molecule has 7 heteroatoms. The molecule has 2 heterocycles. The van der Waals surface area contributed by atoms with Gasteiger partial charge in [0.15, 0.2) is 4.87 Å². The van der Waals surface area contributed by atoms with Gasteiger partial charge in [0.2, 0.25) is 0 Å². The minimum atomic E-state index is -1.37. The number of anilines is 1. The van der Waals surface area contributed by atoms with Crippen LogP contribution in [0.2, 0.25) is 0 Å². The molecule has 2 aliphatic heterocycles. The highest BCUT2D eigenvalue weighted by Gasteiger charge is 2.59. The minimum absolute atomic E-state index is 0.161. The molecule has 156 valence electrons. The van der Waals surface area contributed by atoms with E-state index in [1.54, 1.807) is 11.0 Å². The van der Waals surface area contributed by atoms with Gasteiger partial charge in [0.1, 0.15) is 11.6 Å². The number of hydrogen-bond acceptors (Lipinski definition) is 3. The number of nitrogens with zero attached hydrogens (tertiary/aromatic N) is 2. The maximum absolute atomic E-state index is 14.3. The van der Waals surface area contributed by atoms with Crippen molar-refractivity contribution in [2.75, 3.05) is 17.2 Å². The first-order valence-electron chi connectivity index (χ1n) is 9.88. The van der Waals surface area contributed by atoms with Gasteiger partial charge in [0.05, 0.1) is 12.2 Å². The zero-order chi connectivity index (χ0) is 21.6. The highest BCUT2D eigenvalue weighted by molar-refractivity contribution is 8.01. The molecule has 4 nitrogen and oxygen atoms in total. The van der Waals surface area contributed by atoms with Crippen molar-refractivity contribution in [1.82, 2.24) is 4.90 Å². The Morgan fingerprint density at radius 1 is 0.968 bits per heavy atom. The van der Waals surface area contributed by atoms with Crippen LogP contribution < -0.4 is 4.90 Å². The number of hydrogen-bond donors (Lipinski definition) is 0. The number of benzene rings is 3. The number of rotatable bonds is 3. The van der Waals surface area contributed by atoms with Crippen molar-refractivity contribution < 1.29 is 18.4 Å². The molecular formula is C24H18F2N2O2S. The molecule has 1 fully saturated rings. The highest BCUT2D eigenvalue weighted by atomic mass is 32.2. The van der Waals surface area contributed by atoms with Gasteiger partial charge in [-0.25, -0.2) is 8.78 Å². The first kappa shape index (κ1) is 19.8. The fourth-order valence-electron chi connectivity index (χ4n) is 4.29. The van der Waals surface area contributed by atoms with E-state index in [0.29, 0.717) is 30.1 Å². The molecular weight excluding hydrogens is 418 g/mol. The van der Waals surface area contributed by atoms with Crippen molar-refractivity contribution in [3.63, 3.8) is 0 Å². The second-order valence-electron chi connectivity index (χ2n) is 7.50. The number of carbonyl (C=O) groups excluding carboxylic acids is 2. The van der Waals surface area contributed by atoms with E-state index in [1.165, 1.54) is 47.0 Å². The average molecular weight is 436 g/mol. The van der Waals surface area contributed by atoms with Crippen LogP contribution in [0.5, 0.6) is 0 Å². The third kappa shape index (κ3) is 3.11. The van der Waals surface area contributed by atoms with Crippen LogP contribution in [-0.4, -0.2) is 29.0 Å². The van der Waals surface area contributed by atoms with Gasteiger partial charge in [0.25, 0.3) is 11.8 Å². The van der Waals surface area contributed by atoms with Crippen molar-refractivity contribution >= 4 is 29.3 Å². The summed E-state index contributed by atoms with van der Waals surface area (Å²) in [6, 6.07) is 19.2. The maximum atomic E-state index is 14.3. The van der Waals surface area contributed by atoms with Crippen LogP contribution in [-0.2, 0) is 16.2 Å². The SMILES string of the molecule is O=C(c1cccc(F)c1)N1CCSC12C(=O)N(Cc1ccccc1)c1ccc(F)cc12. The molecule has 0 radical (unpaired) electrons. The molecule has 3 aromatic carbocycles. The van der Waals surface area contributed by atoms with Crippen LogP contribution in [0.3, 0.4) is 0 Å². The fraction of sp³-hybridized carbons (Fsp3) is 0.167. The molecule has 5 rings (SSSR count). The predicted molar refractivity (Wildman–Crippen MR) is 116 cm³/mol. The Morgan fingerprint density at radius 3 is 2.52 bits per heavy atom. The molecule has 1 unspecified atom stereocenters. The van der Waals surface area contributed by atoms with Gasteiger partial charge in [-0.3, -0.25) is 9.59 Å². The Hall–Kier alpha value is -3.19. The lowest BCUT2D eigenvalue weighted by Crippen LogP contribution is -2.50. The molecule has 1 saturated heterocycles. The Kier molecular flexibility index (Phi) is 4.78. The molecule has 1 spiro atoms. The average Bonchev–Trinajstić information content (AvgIpc) is 3.31. The van der Waals surface area contributed by atoms with E-state index >= 15 is 0 Å². The molecule has 2 amide bonds. The van der Waals surface area contributed by atoms with Crippen LogP contribution in [0, 0.1) is 11.6 Å². The topological polar surface area (TPSA) is 40.6 Å². The van der Waals surface area contributed by atoms with Crippen molar-refractivity contribution in [3.8, 4) is 0 Å². The van der Waals surface area contributed by atoms with E-state index in [1.807, 2.05) is 30.3 Å². The lowest BCUT2D eigenvalue weighted by Gasteiger charge is -2.33. The predicted octanol–water partition coefficient (Wildman–Crippen LogP) is 4.55. The van der Waals surface area contributed by atoms with Crippen molar-refractivity contribution in [3.05, 3.63) is 101 Å². The molecule has 0 saturated carbocycles. The summed E-state index contributed by atoms with van der Waals surface area (Å²) in [5, 5.41) is 0. The lowest BCUT2D eigenvalue weighted by molar-refractivity contribution is -0.123. The zero-order valence-corrected chi connectivity index (χ0v) is 17.2. The monoisotopic (exact) mass is 436 g/mol. The number of carbonyl (C=O) groups is 2. The van der Waals surface area contributed by atoms with E-state index in [0.717, 1.165) is 11.6 Å². The Balaban J connectivity index is 1.61. The van der Waals surface area contributed by atoms with Gasteiger partial charge in [-0.2, -0.15) is 0 Å². The molecule has 31 heavy (non-hydrogen) atoms. The van der Waals surface area contributed by atoms with E-state index < -0.39 is 22.4 Å². The summed E-state index contributed by atoms with van der Waals surface area (Å²) >= 11 is 1.31. The smallest absolute Gasteiger partial charge is 0.268 e. The highest BCUT2D eigenvalue weighted by Crippen LogP contribution is 2.54. The van der Waals surface area contributed by atoms with Crippen LogP contribution in [0.25, 0.3) is 0 Å². The Labute approximate surface area is 182 Å². The molecule has 1 atom stereocenters. The summed E-state index contributed by atoms with van der Waals surface area (Å²) in [6.07, 6.45) is 0. The second kappa shape index (κ2) is 7.50. The van der Waals surface area contributed by atoms with Crippen LogP contribution in [0.15, 0.2) is 72.8 Å². The van der Waals surface area contributed by atoms with Crippen molar-refractivity contribution in [2.45, 2.75) is 11.4 Å². The Morgan fingerprint density at radius 2 is 1.74 bits per heavy atom. The molecule has 0 N–H and O–H groups in total. The Bertz CT molecular complexity index is 1190. The number of fused-ring (bicyclic) bond motifs is 2. The van der Waals surface area contributed by atoms with Gasteiger partial charge in [0, 0.05) is 23.4 Å². The van der Waals surface area contributed by atoms with Gasteiger partial charge in [-0.15, -0.1) is 11.8 Å². The fourth-order valence-corrected chi connectivity index (χ4v) is 5.74. The second-order valence-corrected chi connectivity index (χ2v) is 8.79. The normalized spacial score (nSPS) is 19.9. The third-order valence-corrected chi connectivity index (χ3v) is 7.08. The summed E-state index contributed by atoms with van der Waals surface area (Å²) in [4.78, 5) is 28.9. The summed E-state index contributed by atoms with van der Waals surface area (Å²) in [6.45, 7) is 0.615. The van der Waals surface area contributed by atoms with Crippen LogP contribution in [0.4, 0.5) is 14.5 Å². The summed E-state index contributed by atoms with van der Waals surface area (Å²) in [5.41, 5.74) is 2.13. The largest absolute Gasteiger partial charge is 0.311 e. The first-order valence-corrected chi connectivity index (χ1v) is 10.9. The van der Waals surface area contributed by atoms with Crippen molar-refractivity contribution in [2.24, 2.45) is 0 Å². The molecule has 0 bridgehead atoms. The quantitative estimate of drug-likeness (QED) is 0.605. The van der Waals surface area contributed by atoms with E-state index in [-0.39, 0.29) is 11.5 Å². The van der Waals surface area contributed by atoms with E-state index in [9.17, 15) is 18.4 Å².